The smallest absolute Gasteiger partial charge is 0.241 e. The summed E-state index contributed by atoms with van der Waals surface area (Å²) in [4.78, 5) is 0.240. The highest BCUT2D eigenvalue weighted by atomic mass is 32.2. The van der Waals surface area contributed by atoms with Crippen LogP contribution >= 0.6 is 0 Å². The number of aliphatic hydroxyl groups is 1. The summed E-state index contributed by atoms with van der Waals surface area (Å²) in [6.07, 6.45) is -0.723. The third kappa shape index (κ3) is 3.44. The highest BCUT2D eigenvalue weighted by molar-refractivity contribution is 7.89. The Bertz CT molecular complexity index is 500. The fourth-order valence-corrected chi connectivity index (χ4v) is 3.33. The van der Waals surface area contributed by atoms with E-state index in [1.54, 1.807) is 26.0 Å². The fraction of sp³-hybridized carbons (Fsp3) is 0.500. The zero-order chi connectivity index (χ0) is 13.9. The Balaban J connectivity index is 3.17. The number of rotatable bonds is 5. The average Bonchev–Trinajstić information content (AvgIpc) is 2.25. The van der Waals surface area contributed by atoms with E-state index in [1.165, 1.54) is 14.0 Å². The lowest BCUT2D eigenvalue weighted by Gasteiger charge is -2.14. The number of nitrogens with one attached hydrogen (secondary N) is 1. The molecular weight excluding hydrogens is 254 g/mol. The predicted molar refractivity (Wildman–Crippen MR) is 69.3 cm³/mol. The van der Waals surface area contributed by atoms with Gasteiger partial charge in [-0.05, 0) is 44.0 Å². The minimum atomic E-state index is -3.61. The quantitative estimate of drug-likeness (QED) is 0.838. The van der Waals surface area contributed by atoms with Crippen LogP contribution in [0.25, 0.3) is 0 Å². The lowest BCUT2D eigenvalue weighted by Crippen LogP contribution is -2.31. The van der Waals surface area contributed by atoms with Crippen molar-refractivity contribution in [2.75, 3.05) is 13.7 Å². The number of methoxy groups -OCH3 is 1. The van der Waals surface area contributed by atoms with Gasteiger partial charge in [-0.25, -0.2) is 13.1 Å². The molecule has 0 radical (unpaired) electrons. The van der Waals surface area contributed by atoms with E-state index >= 15 is 0 Å². The first kappa shape index (κ1) is 14.9. The van der Waals surface area contributed by atoms with Gasteiger partial charge >= 0.3 is 0 Å². The molecule has 2 N–H and O–H groups in total. The zero-order valence-corrected chi connectivity index (χ0v) is 11.8. The summed E-state index contributed by atoms with van der Waals surface area (Å²) in [6.45, 7) is 4.95. The maximum atomic E-state index is 12.1. The molecule has 0 heterocycles. The van der Waals surface area contributed by atoms with Crippen molar-refractivity contribution in [3.05, 3.63) is 23.3 Å². The topological polar surface area (TPSA) is 75.6 Å². The molecule has 1 rings (SSSR count). The van der Waals surface area contributed by atoms with Crippen molar-refractivity contribution in [1.29, 1.82) is 0 Å². The molecular formula is C12H19NO4S. The van der Waals surface area contributed by atoms with Gasteiger partial charge in [0, 0.05) is 6.54 Å². The number of hydrogen-bond acceptors (Lipinski definition) is 4. The summed E-state index contributed by atoms with van der Waals surface area (Å²) < 4.78 is 31.7. The highest BCUT2D eigenvalue weighted by Gasteiger charge is 2.20. The molecule has 18 heavy (non-hydrogen) atoms. The molecule has 0 aliphatic carbocycles. The van der Waals surface area contributed by atoms with Crippen LogP contribution in [0.15, 0.2) is 17.0 Å². The summed E-state index contributed by atoms with van der Waals surface area (Å²) in [7, 11) is -2.07. The highest BCUT2D eigenvalue weighted by Crippen LogP contribution is 2.25. The minimum Gasteiger partial charge on any atom is -0.497 e. The molecule has 6 heteroatoms. The molecule has 0 aromatic heterocycles. The van der Waals surface area contributed by atoms with Crippen molar-refractivity contribution >= 4 is 10.0 Å². The summed E-state index contributed by atoms with van der Waals surface area (Å²) in [5, 5.41) is 9.14. The summed E-state index contributed by atoms with van der Waals surface area (Å²) >= 11 is 0. The van der Waals surface area contributed by atoms with Gasteiger partial charge < -0.3 is 9.84 Å². The molecule has 0 aliphatic heterocycles. The molecule has 1 aromatic carbocycles. The van der Waals surface area contributed by atoms with Crippen LogP contribution in [0.2, 0.25) is 0 Å². The molecule has 1 aromatic rings. The van der Waals surface area contributed by atoms with Crippen LogP contribution in [0.3, 0.4) is 0 Å². The fourth-order valence-electron chi connectivity index (χ4n) is 1.75. The van der Waals surface area contributed by atoms with E-state index in [1.807, 2.05) is 0 Å². The normalized spacial score (nSPS) is 13.4. The van der Waals surface area contributed by atoms with Crippen LogP contribution < -0.4 is 9.46 Å². The SMILES string of the molecule is COc1cc(C)c(S(=O)(=O)NCC(C)O)c(C)c1. The number of aryl methyl sites for hydroxylation is 2. The second kappa shape index (κ2) is 5.69. The molecule has 0 spiro atoms. The van der Waals surface area contributed by atoms with Gasteiger partial charge in [-0.15, -0.1) is 0 Å². The van der Waals surface area contributed by atoms with Crippen molar-refractivity contribution in [3.8, 4) is 5.75 Å². The maximum absolute atomic E-state index is 12.1. The summed E-state index contributed by atoms with van der Waals surface area (Å²) in [5.41, 5.74) is 1.23. The van der Waals surface area contributed by atoms with E-state index in [9.17, 15) is 8.42 Å². The van der Waals surface area contributed by atoms with Crippen LogP contribution in [0.5, 0.6) is 5.75 Å². The van der Waals surface area contributed by atoms with Crippen LogP contribution in [0.1, 0.15) is 18.1 Å². The van der Waals surface area contributed by atoms with Crippen molar-refractivity contribution in [2.24, 2.45) is 0 Å². The van der Waals surface area contributed by atoms with E-state index in [0.717, 1.165) is 0 Å². The Morgan fingerprint density at radius 3 is 2.22 bits per heavy atom. The molecule has 5 nitrogen and oxygen atoms in total. The number of ether oxygens (including phenoxy) is 1. The molecule has 102 valence electrons. The summed E-state index contributed by atoms with van der Waals surface area (Å²) in [6, 6.07) is 3.34. The van der Waals surface area contributed by atoms with E-state index in [2.05, 4.69) is 4.72 Å². The lowest BCUT2D eigenvalue weighted by atomic mass is 10.1. The van der Waals surface area contributed by atoms with Gasteiger partial charge in [0.25, 0.3) is 0 Å². The van der Waals surface area contributed by atoms with Crippen molar-refractivity contribution in [1.82, 2.24) is 4.72 Å². The number of benzene rings is 1. The first-order chi connectivity index (χ1) is 8.27. The standard InChI is InChI=1S/C12H19NO4S/c1-8-5-11(17-4)6-9(2)12(8)18(15,16)13-7-10(3)14/h5-6,10,13-14H,7H2,1-4H3. The summed E-state index contributed by atoms with van der Waals surface area (Å²) in [5.74, 6) is 0.625. The third-order valence-electron chi connectivity index (χ3n) is 2.51. The lowest BCUT2D eigenvalue weighted by molar-refractivity contribution is 0.198. The predicted octanol–water partition coefficient (Wildman–Crippen LogP) is 0.971. The molecule has 1 atom stereocenters. The van der Waals surface area contributed by atoms with Gasteiger partial charge in [0.05, 0.1) is 18.1 Å². The van der Waals surface area contributed by atoms with Crippen molar-refractivity contribution in [2.45, 2.75) is 31.8 Å². The van der Waals surface area contributed by atoms with Crippen LogP contribution in [-0.4, -0.2) is 33.3 Å². The molecule has 0 saturated heterocycles. The largest absolute Gasteiger partial charge is 0.497 e. The third-order valence-corrected chi connectivity index (χ3v) is 4.24. The minimum absolute atomic E-state index is 0.00670. The molecule has 0 fully saturated rings. The Labute approximate surface area is 108 Å². The Morgan fingerprint density at radius 2 is 1.83 bits per heavy atom. The van der Waals surface area contributed by atoms with E-state index in [4.69, 9.17) is 9.84 Å². The second-order valence-electron chi connectivity index (χ2n) is 4.29. The molecule has 0 saturated carbocycles. The molecule has 0 amide bonds. The van der Waals surface area contributed by atoms with Crippen molar-refractivity contribution < 1.29 is 18.3 Å². The molecule has 0 aliphatic rings. The van der Waals surface area contributed by atoms with Crippen molar-refractivity contribution in [3.63, 3.8) is 0 Å². The number of aliphatic hydroxyl groups excluding tert-OH is 1. The van der Waals surface area contributed by atoms with Crippen LogP contribution in [0.4, 0.5) is 0 Å². The maximum Gasteiger partial charge on any atom is 0.241 e. The second-order valence-corrected chi connectivity index (χ2v) is 6.00. The van der Waals surface area contributed by atoms with E-state index < -0.39 is 16.1 Å². The Morgan fingerprint density at radius 1 is 1.33 bits per heavy atom. The monoisotopic (exact) mass is 273 g/mol. The number of hydrogen-bond donors (Lipinski definition) is 2. The first-order valence-corrected chi connectivity index (χ1v) is 7.09. The Kier molecular flexibility index (Phi) is 4.72. The first-order valence-electron chi connectivity index (χ1n) is 5.61. The van der Waals surface area contributed by atoms with E-state index in [0.29, 0.717) is 16.9 Å². The van der Waals surface area contributed by atoms with Gasteiger partial charge in [-0.2, -0.15) is 0 Å². The van der Waals surface area contributed by atoms with Gasteiger partial charge in [-0.3, -0.25) is 0 Å². The average molecular weight is 273 g/mol. The van der Waals surface area contributed by atoms with Crippen LogP contribution in [-0.2, 0) is 10.0 Å². The zero-order valence-electron chi connectivity index (χ0n) is 11.0. The van der Waals surface area contributed by atoms with Gasteiger partial charge in [0.1, 0.15) is 5.75 Å². The van der Waals surface area contributed by atoms with E-state index in [-0.39, 0.29) is 11.4 Å². The van der Waals surface area contributed by atoms with Crippen LogP contribution in [0, 0.1) is 13.8 Å². The number of sulfonamides is 1. The Hall–Kier alpha value is -1.11. The van der Waals surface area contributed by atoms with Gasteiger partial charge in [0.15, 0.2) is 0 Å². The molecule has 0 bridgehead atoms. The van der Waals surface area contributed by atoms with Gasteiger partial charge in [0.2, 0.25) is 10.0 Å². The molecule has 1 unspecified atom stereocenters. The van der Waals surface area contributed by atoms with Gasteiger partial charge in [-0.1, -0.05) is 0 Å².